The van der Waals surface area contributed by atoms with Crippen LogP contribution in [0.25, 0.3) is 0 Å². The van der Waals surface area contributed by atoms with Gasteiger partial charge in [-0.15, -0.1) is 0 Å². The summed E-state index contributed by atoms with van der Waals surface area (Å²) < 4.78 is 0. The van der Waals surface area contributed by atoms with Crippen molar-refractivity contribution in [3.8, 4) is 0 Å². The van der Waals surface area contributed by atoms with Crippen LogP contribution in [0.15, 0.2) is 47.5 Å². The maximum Gasteiger partial charge on any atom is 0.248 e. The summed E-state index contributed by atoms with van der Waals surface area (Å²) in [7, 11) is 0. The van der Waals surface area contributed by atoms with E-state index >= 15 is 0 Å². The van der Waals surface area contributed by atoms with E-state index in [0.29, 0.717) is 10.0 Å². The van der Waals surface area contributed by atoms with Crippen LogP contribution in [0.5, 0.6) is 0 Å². The van der Waals surface area contributed by atoms with E-state index in [1.165, 1.54) is 0 Å². The highest BCUT2D eigenvalue weighted by molar-refractivity contribution is 6.37. The van der Waals surface area contributed by atoms with E-state index in [1.807, 2.05) is 47.4 Å². The zero-order valence-corrected chi connectivity index (χ0v) is 15.7. The first-order valence-corrected chi connectivity index (χ1v) is 9.53. The molecule has 2 aliphatic rings. The van der Waals surface area contributed by atoms with Crippen LogP contribution in [-0.4, -0.2) is 37.3 Å². The average molecular weight is 388 g/mol. The van der Waals surface area contributed by atoms with Gasteiger partial charge in [0.1, 0.15) is 6.54 Å². The number of halogens is 2. The largest absolute Gasteiger partial charge is 0.317 e. The maximum atomic E-state index is 13.0. The fraction of sp³-hybridized carbons (Fsp3) is 0.300. The van der Waals surface area contributed by atoms with Gasteiger partial charge in [-0.1, -0.05) is 41.4 Å². The lowest BCUT2D eigenvalue weighted by molar-refractivity contribution is -0.117. The minimum atomic E-state index is 0.0162. The molecule has 2 heterocycles. The van der Waals surface area contributed by atoms with Crippen molar-refractivity contribution >= 4 is 40.5 Å². The minimum Gasteiger partial charge on any atom is -0.317 e. The van der Waals surface area contributed by atoms with Crippen LogP contribution in [-0.2, 0) is 4.79 Å². The van der Waals surface area contributed by atoms with Gasteiger partial charge in [-0.2, -0.15) is 0 Å². The van der Waals surface area contributed by atoms with Gasteiger partial charge < -0.3 is 10.2 Å². The average Bonchev–Trinajstić information content (AvgIpc) is 2.79. The maximum absolute atomic E-state index is 13.0. The number of hydrogen-bond donors (Lipinski definition) is 1. The topological polar surface area (TPSA) is 44.7 Å². The predicted molar refractivity (Wildman–Crippen MR) is 107 cm³/mol. The number of nitrogens with one attached hydrogen (secondary N) is 1. The molecule has 1 amide bonds. The Morgan fingerprint density at radius 2 is 1.81 bits per heavy atom. The molecule has 1 N–H and O–H groups in total. The summed E-state index contributed by atoms with van der Waals surface area (Å²) in [5.41, 5.74) is 3.26. The first-order chi connectivity index (χ1) is 12.6. The minimum absolute atomic E-state index is 0.0162. The van der Waals surface area contributed by atoms with Crippen LogP contribution in [0.1, 0.15) is 24.0 Å². The number of benzene rings is 2. The fourth-order valence-electron chi connectivity index (χ4n) is 3.70. The van der Waals surface area contributed by atoms with Gasteiger partial charge in [0.25, 0.3) is 0 Å². The van der Waals surface area contributed by atoms with Crippen molar-refractivity contribution in [2.75, 3.05) is 24.5 Å². The SMILES string of the molecule is O=C1CN=C(c2ccccc2Cl)c2cc(Cl)ccc2N1C1CCNCC1. The molecular formula is C20H19Cl2N3O. The predicted octanol–water partition coefficient (Wildman–Crippen LogP) is 3.93. The second kappa shape index (κ2) is 7.39. The Bertz CT molecular complexity index is 875. The second-order valence-electron chi connectivity index (χ2n) is 6.55. The van der Waals surface area contributed by atoms with Gasteiger partial charge >= 0.3 is 0 Å². The Morgan fingerprint density at radius 1 is 1.04 bits per heavy atom. The first kappa shape index (κ1) is 17.5. The molecule has 0 radical (unpaired) electrons. The molecule has 0 aromatic heterocycles. The van der Waals surface area contributed by atoms with Gasteiger partial charge in [-0.25, -0.2) is 0 Å². The summed E-state index contributed by atoms with van der Waals surface area (Å²) in [6.07, 6.45) is 1.85. The van der Waals surface area contributed by atoms with Crippen LogP contribution in [0.2, 0.25) is 10.0 Å². The molecule has 0 aliphatic carbocycles. The second-order valence-corrected chi connectivity index (χ2v) is 7.39. The Balaban J connectivity index is 1.86. The molecule has 1 fully saturated rings. The molecule has 2 aromatic rings. The van der Waals surface area contributed by atoms with Crippen molar-refractivity contribution in [1.82, 2.24) is 5.32 Å². The third-order valence-electron chi connectivity index (χ3n) is 4.92. The molecule has 4 nitrogen and oxygen atoms in total. The number of rotatable bonds is 2. The molecule has 2 aromatic carbocycles. The van der Waals surface area contributed by atoms with Crippen LogP contribution in [0.4, 0.5) is 5.69 Å². The summed E-state index contributed by atoms with van der Waals surface area (Å²) in [4.78, 5) is 19.5. The van der Waals surface area contributed by atoms with Crippen molar-refractivity contribution in [3.05, 3.63) is 63.6 Å². The number of anilines is 1. The molecule has 6 heteroatoms. The van der Waals surface area contributed by atoms with E-state index in [-0.39, 0.29) is 18.5 Å². The third-order valence-corrected chi connectivity index (χ3v) is 5.48. The van der Waals surface area contributed by atoms with E-state index in [9.17, 15) is 4.79 Å². The van der Waals surface area contributed by atoms with Crippen molar-refractivity contribution in [2.24, 2.45) is 4.99 Å². The molecule has 134 valence electrons. The Kier molecular flexibility index (Phi) is 4.98. The number of carbonyl (C=O) groups excluding carboxylic acids is 1. The van der Waals surface area contributed by atoms with Gasteiger partial charge in [0.05, 0.1) is 11.4 Å². The molecule has 26 heavy (non-hydrogen) atoms. The van der Waals surface area contributed by atoms with Crippen LogP contribution in [0, 0.1) is 0 Å². The van der Waals surface area contributed by atoms with Gasteiger partial charge in [0.2, 0.25) is 5.91 Å². The number of piperidine rings is 1. The summed E-state index contributed by atoms with van der Waals surface area (Å²) >= 11 is 12.7. The lowest BCUT2D eigenvalue weighted by Gasteiger charge is -2.34. The number of carbonyl (C=O) groups is 1. The standard InChI is InChI=1S/C20H19Cl2N3O/c21-13-5-6-18-16(11-13)20(15-3-1-2-4-17(15)22)24-12-19(26)25(18)14-7-9-23-10-8-14/h1-6,11,14,23H,7-10,12H2. The molecule has 2 aliphatic heterocycles. The Labute approximate surface area is 162 Å². The molecule has 0 bridgehead atoms. The number of nitrogens with zero attached hydrogens (tertiary/aromatic N) is 2. The van der Waals surface area contributed by atoms with Gasteiger partial charge in [0.15, 0.2) is 0 Å². The smallest absolute Gasteiger partial charge is 0.248 e. The molecule has 0 atom stereocenters. The number of benzodiazepines with no additional fused rings is 1. The molecular weight excluding hydrogens is 369 g/mol. The summed E-state index contributed by atoms with van der Waals surface area (Å²) in [5.74, 6) is 0.0162. The summed E-state index contributed by atoms with van der Waals surface area (Å²) in [6, 6.07) is 13.4. The quantitative estimate of drug-likeness (QED) is 0.848. The highest BCUT2D eigenvalue weighted by Crippen LogP contribution is 2.33. The Morgan fingerprint density at radius 3 is 2.58 bits per heavy atom. The van der Waals surface area contributed by atoms with Gasteiger partial charge in [-0.3, -0.25) is 9.79 Å². The van der Waals surface area contributed by atoms with E-state index in [2.05, 4.69) is 10.3 Å². The third kappa shape index (κ3) is 3.25. The number of fused-ring (bicyclic) bond motifs is 1. The van der Waals surface area contributed by atoms with Crippen molar-refractivity contribution in [2.45, 2.75) is 18.9 Å². The van der Waals surface area contributed by atoms with E-state index in [1.54, 1.807) is 0 Å². The molecule has 0 spiro atoms. The molecule has 4 rings (SSSR count). The van der Waals surface area contributed by atoms with E-state index in [4.69, 9.17) is 23.2 Å². The lowest BCUT2D eigenvalue weighted by Crippen LogP contribution is -2.47. The van der Waals surface area contributed by atoms with Crippen LogP contribution >= 0.6 is 23.2 Å². The van der Waals surface area contributed by atoms with Crippen LogP contribution < -0.4 is 10.2 Å². The number of amides is 1. The monoisotopic (exact) mass is 387 g/mol. The van der Waals surface area contributed by atoms with Crippen molar-refractivity contribution in [1.29, 1.82) is 0 Å². The molecule has 0 saturated carbocycles. The van der Waals surface area contributed by atoms with Gasteiger partial charge in [-0.05, 0) is 50.2 Å². The Hall–Kier alpha value is -1.88. The zero-order valence-electron chi connectivity index (χ0n) is 14.2. The normalized spacial score (nSPS) is 18.3. The highest BCUT2D eigenvalue weighted by Gasteiger charge is 2.31. The zero-order chi connectivity index (χ0) is 18.1. The summed E-state index contributed by atoms with van der Waals surface area (Å²) in [6.45, 7) is 1.93. The van der Waals surface area contributed by atoms with Crippen molar-refractivity contribution in [3.63, 3.8) is 0 Å². The van der Waals surface area contributed by atoms with Crippen molar-refractivity contribution < 1.29 is 4.79 Å². The van der Waals surface area contributed by atoms with Crippen LogP contribution in [0.3, 0.4) is 0 Å². The number of aliphatic imine (C=N–C) groups is 1. The molecule has 0 unspecified atom stereocenters. The van der Waals surface area contributed by atoms with E-state index in [0.717, 1.165) is 48.5 Å². The lowest BCUT2D eigenvalue weighted by atomic mass is 9.98. The highest BCUT2D eigenvalue weighted by atomic mass is 35.5. The van der Waals surface area contributed by atoms with Gasteiger partial charge in [0, 0.05) is 27.2 Å². The molecule has 1 saturated heterocycles. The summed E-state index contributed by atoms with van der Waals surface area (Å²) in [5, 5.41) is 4.58. The fourth-order valence-corrected chi connectivity index (χ4v) is 4.10. The number of hydrogen-bond acceptors (Lipinski definition) is 3. The first-order valence-electron chi connectivity index (χ1n) is 8.77. The van der Waals surface area contributed by atoms with E-state index < -0.39 is 0 Å².